The lowest BCUT2D eigenvalue weighted by Gasteiger charge is -2.06. The van der Waals surface area contributed by atoms with Crippen LogP contribution in [0.25, 0.3) is 0 Å². The molecule has 1 aromatic rings. The summed E-state index contributed by atoms with van der Waals surface area (Å²) in [5, 5.41) is 0. The largest absolute Gasteiger partial charge is 0.375 e. The highest BCUT2D eigenvalue weighted by molar-refractivity contribution is 5.00. The minimum absolute atomic E-state index is 0.253. The summed E-state index contributed by atoms with van der Waals surface area (Å²) in [5.41, 5.74) is 0.738. The number of aryl methyl sites for hydroxylation is 1. The number of ether oxygens (including phenoxy) is 1. The molecule has 16 heavy (non-hydrogen) atoms. The molecule has 0 saturated carbocycles. The second-order valence-electron chi connectivity index (χ2n) is 3.74. The average Bonchev–Trinajstić information content (AvgIpc) is 2.22. The van der Waals surface area contributed by atoms with E-state index in [1.807, 2.05) is 6.92 Å². The number of nitrogens with zero attached hydrogens (tertiary/aromatic N) is 1. The van der Waals surface area contributed by atoms with Crippen molar-refractivity contribution in [1.29, 1.82) is 0 Å². The fraction of sp³-hybridized carbons (Fsp3) is 0.455. The topological polar surface area (TPSA) is 64.1 Å². The zero-order valence-corrected chi connectivity index (χ0v) is 9.58. The zero-order valence-electron chi connectivity index (χ0n) is 9.58. The molecule has 0 amide bonds. The molecule has 0 saturated heterocycles. The molecule has 0 spiro atoms. The van der Waals surface area contributed by atoms with Crippen LogP contribution in [0.4, 0.5) is 0 Å². The Hall–Kier alpha value is -1.62. The number of nitrogens with one attached hydrogen (secondary N) is 1. The van der Waals surface area contributed by atoms with Crippen LogP contribution in [0.1, 0.15) is 12.5 Å². The van der Waals surface area contributed by atoms with Crippen molar-refractivity contribution < 1.29 is 4.74 Å². The Morgan fingerprint density at radius 3 is 2.88 bits per heavy atom. The lowest BCUT2D eigenvalue weighted by molar-refractivity contribution is 0.145. The highest BCUT2D eigenvalue weighted by Gasteiger charge is 2.03. The van der Waals surface area contributed by atoms with E-state index < -0.39 is 5.69 Å². The van der Waals surface area contributed by atoms with Crippen LogP contribution < -0.4 is 11.2 Å². The normalized spacial score (nSPS) is 10.4. The van der Waals surface area contributed by atoms with Gasteiger partial charge in [0.15, 0.2) is 0 Å². The lowest BCUT2D eigenvalue weighted by Crippen LogP contribution is -2.37. The molecule has 0 unspecified atom stereocenters. The summed E-state index contributed by atoms with van der Waals surface area (Å²) in [7, 11) is 0. The smallest absolute Gasteiger partial charge is 0.328 e. The quantitative estimate of drug-likeness (QED) is 0.583. The summed E-state index contributed by atoms with van der Waals surface area (Å²) in [5.74, 6) is 0. The van der Waals surface area contributed by atoms with Gasteiger partial charge in [0, 0.05) is 11.8 Å². The average molecular weight is 224 g/mol. The third kappa shape index (κ3) is 3.20. The molecule has 1 heterocycles. The van der Waals surface area contributed by atoms with Gasteiger partial charge in [-0.05, 0) is 13.8 Å². The molecule has 0 aliphatic carbocycles. The minimum atomic E-state index is -0.408. The molecule has 1 rings (SSSR count). The predicted molar refractivity (Wildman–Crippen MR) is 61.7 cm³/mol. The molecule has 1 N–H and O–H groups in total. The van der Waals surface area contributed by atoms with Crippen LogP contribution in [-0.2, 0) is 11.3 Å². The van der Waals surface area contributed by atoms with Gasteiger partial charge < -0.3 is 9.72 Å². The molecule has 0 atom stereocenters. The molecule has 0 aliphatic rings. The monoisotopic (exact) mass is 224 g/mol. The van der Waals surface area contributed by atoms with Crippen molar-refractivity contribution in [2.45, 2.75) is 20.4 Å². The van der Waals surface area contributed by atoms with Crippen LogP contribution >= 0.6 is 0 Å². The Bertz CT molecular complexity index is 485. The van der Waals surface area contributed by atoms with E-state index in [1.54, 1.807) is 6.92 Å². The van der Waals surface area contributed by atoms with E-state index in [9.17, 15) is 9.59 Å². The molecular weight excluding hydrogens is 208 g/mol. The molecule has 5 heteroatoms. The number of hydrogen-bond donors (Lipinski definition) is 1. The maximum Gasteiger partial charge on any atom is 0.328 e. The standard InChI is InChI=1S/C11H16N2O3/c1-8(2)7-16-5-4-13-10(14)9(3)6-12-11(13)15/h6H,1,4-5,7H2,2-3H3,(H,12,15). The summed E-state index contributed by atoms with van der Waals surface area (Å²) < 4.78 is 6.37. The van der Waals surface area contributed by atoms with E-state index in [0.717, 1.165) is 10.1 Å². The summed E-state index contributed by atoms with van der Waals surface area (Å²) in [6, 6.07) is 0. The number of aromatic amines is 1. The zero-order chi connectivity index (χ0) is 12.1. The first-order chi connectivity index (χ1) is 7.52. The van der Waals surface area contributed by atoms with E-state index in [-0.39, 0.29) is 12.1 Å². The van der Waals surface area contributed by atoms with Crippen LogP contribution in [-0.4, -0.2) is 22.8 Å². The van der Waals surface area contributed by atoms with Gasteiger partial charge in [-0.1, -0.05) is 12.2 Å². The predicted octanol–water partition coefficient (Wildman–Crippen LogP) is 0.438. The molecule has 0 radical (unpaired) electrons. The van der Waals surface area contributed by atoms with Crippen molar-refractivity contribution in [3.05, 3.63) is 44.8 Å². The summed E-state index contributed by atoms with van der Waals surface area (Å²) in [6.45, 7) is 8.21. The van der Waals surface area contributed by atoms with Gasteiger partial charge in [-0.2, -0.15) is 0 Å². The van der Waals surface area contributed by atoms with Crippen molar-refractivity contribution in [3.63, 3.8) is 0 Å². The number of hydrogen-bond acceptors (Lipinski definition) is 3. The first kappa shape index (κ1) is 12.4. The summed E-state index contributed by atoms with van der Waals surface area (Å²) in [6.07, 6.45) is 1.41. The maximum absolute atomic E-state index is 11.6. The van der Waals surface area contributed by atoms with E-state index in [4.69, 9.17) is 4.74 Å². The van der Waals surface area contributed by atoms with Crippen molar-refractivity contribution in [2.75, 3.05) is 13.2 Å². The first-order valence-corrected chi connectivity index (χ1v) is 5.03. The van der Waals surface area contributed by atoms with E-state index in [0.29, 0.717) is 18.8 Å². The fourth-order valence-electron chi connectivity index (χ4n) is 1.22. The highest BCUT2D eigenvalue weighted by Crippen LogP contribution is 1.88. The Morgan fingerprint density at radius 2 is 2.25 bits per heavy atom. The van der Waals surface area contributed by atoms with Crippen molar-refractivity contribution in [2.24, 2.45) is 0 Å². The number of H-pyrrole nitrogens is 1. The van der Waals surface area contributed by atoms with Gasteiger partial charge in [0.05, 0.1) is 19.8 Å². The van der Waals surface area contributed by atoms with Crippen LogP contribution in [0.5, 0.6) is 0 Å². The van der Waals surface area contributed by atoms with Gasteiger partial charge in [0.1, 0.15) is 0 Å². The fourth-order valence-corrected chi connectivity index (χ4v) is 1.22. The van der Waals surface area contributed by atoms with Crippen molar-refractivity contribution in [1.82, 2.24) is 9.55 Å². The van der Waals surface area contributed by atoms with Gasteiger partial charge >= 0.3 is 5.69 Å². The molecule has 0 bridgehead atoms. The molecule has 1 aromatic heterocycles. The van der Waals surface area contributed by atoms with Crippen LogP contribution in [0.2, 0.25) is 0 Å². The van der Waals surface area contributed by atoms with Gasteiger partial charge in [0.25, 0.3) is 5.56 Å². The second kappa shape index (κ2) is 5.46. The molecule has 5 nitrogen and oxygen atoms in total. The third-order valence-corrected chi connectivity index (χ3v) is 2.05. The highest BCUT2D eigenvalue weighted by atomic mass is 16.5. The molecule has 0 fully saturated rings. The van der Waals surface area contributed by atoms with Crippen LogP contribution in [0, 0.1) is 6.92 Å². The summed E-state index contributed by atoms with van der Waals surface area (Å²) in [4.78, 5) is 25.4. The second-order valence-corrected chi connectivity index (χ2v) is 3.74. The Kier molecular flexibility index (Phi) is 4.25. The Balaban J connectivity index is 2.67. The van der Waals surface area contributed by atoms with Gasteiger partial charge in [-0.15, -0.1) is 0 Å². The summed E-state index contributed by atoms with van der Waals surface area (Å²) >= 11 is 0. The Morgan fingerprint density at radius 1 is 1.56 bits per heavy atom. The van der Waals surface area contributed by atoms with Gasteiger partial charge in [0.2, 0.25) is 0 Å². The van der Waals surface area contributed by atoms with Crippen LogP contribution in [0.15, 0.2) is 27.9 Å². The SMILES string of the molecule is C=C(C)COCCn1c(=O)[nH]cc(C)c1=O. The number of rotatable bonds is 5. The Labute approximate surface area is 93.4 Å². The minimum Gasteiger partial charge on any atom is -0.375 e. The van der Waals surface area contributed by atoms with Gasteiger partial charge in [-0.3, -0.25) is 9.36 Å². The molecule has 88 valence electrons. The van der Waals surface area contributed by atoms with Crippen LogP contribution in [0.3, 0.4) is 0 Å². The third-order valence-electron chi connectivity index (χ3n) is 2.05. The van der Waals surface area contributed by atoms with Crippen molar-refractivity contribution in [3.8, 4) is 0 Å². The van der Waals surface area contributed by atoms with E-state index in [1.165, 1.54) is 6.20 Å². The van der Waals surface area contributed by atoms with Gasteiger partial charge in [-0.25, -0.2) is 4.79 Å². The lowest BCUT2D eigenvalue weighted by atomic mass is 10.4. The number of aromatic nitrogens is 2. The van der Waals surface area contributed by atoms with E-state index in [2.05, 4.69) is 11.6 Å². The van der Waals surface area contributed by atoms with Crippen molar-refractivity contribution >= 4 is 0 Å². The first-order valence-electron chi connectivity index (χ1n) is 5.03. The maximum atomic E-state index is 11.6. The molecule has 0 aromatic carbocycles. The molecular formula is C11H16N2O3. The molecule has 0 aliphatic heterocycles. The van der Waals surface area contributed by atoms with E-state index >= 15 is 0 Å².